The van der Waals surface area contributed by atoms with Gasteiger partial charge < -0.3 is 20.5 Å². The molecule has 6 rings (SSSR count). The molecule has 2 fully saturated rings. The van der Waals surface area contributed by atoms with Gasteiger partial charge in [-0.15, -0.1) is 0 Å². The van der Waals surface area contributed by atoms with Gasteiger partial charge in [0.15, 0.2) is 0 Å². The van der Waals surface area contributed by atoms with Crippen LogP contribution in [0.25, 0.3) is 21.5 Å². The lowest BCUT2D eigenvalue weighted by Crippen LogP contribution is -2.27. The number of carbonyl (C=O) groups is 1. The third-order valence-corrected chi connectivity index (χ3v) is 7.79. The van der Waals surface area contributed by atoms with Crippen LogP contribution < -0.4 is 11.1 Å². The average molecular weight is 644 g/mol. The second kappa shape index (κ2) is 15.2. The van der Waals surface area contributed by atoms with Crippen LogP contribution in [0.5, 0.6) is 0 Å². The molecule has 3 N–H and O–H groups in total. The van der Waals surface area contributed by atoms with Crippen LogP contribution in [0.4, 0.5) is 11.4 Å². The molecule has 0 atom stereocenters. The standard InChI is InChI=1S/C15H16BrNO.C10H8BrN.C5H8O2.CH4/c16-14-5-6-15(13-4-2-1-3-12(13)14)17-11-7-9-18-10-8-11;11-9-5-6-10(12)8-4-2-1-3-7(8)9;6-5-1-3-7-4-2-5;/h1-6,11,17H,7-10H2;1-6H,12H2;1-4H2;1H4. The van der Waals surface area contributed by atoms with Gasteiger partial charge in [-0.2, -0.15) is 0 Å². The van der Waals surface area contributed by atoms with Gasteiger partial charge in [-0.25, -0.2) is 0 Å². The van der Waals surface area contributed by atoms with E-state index in [1.807, 2.05) is 30.3 Å². The summed E-state index contributed by atoms with van der Waals surface area (Å²) in [7, 11) is 0. The van der Waals surface area contributed by atoms with E-state index in [1.165, 1.54) is 16.5 Å². The lowest BCUT2D eigenvalue weighted by molar-refractivity contribution is -0.124. The number of benzene rings is 4. The molecule has 5 nitrogen and oxygen atoms in total. The van der Waals surface area contributed by atoms with Gasteiger partial charge in [0.1, 0.15) is 5.78 Å². The van der Waals surface area contributed by atoms with Crippen LogP contribution in [0, 0.1) is 0 Å². The summed E-state index contributed by atoms with van der Waals surface area (Å²) in [6, 6.07) is 25.2. The molecular formula is C31H36Br2N2O3. The van der Waals surface area contributed by atoms with Crippen molar-refractivity contribution in [3.8, 4) is 0 Å². The van der Waals surface area contributed by atoms with Gasteiger partial charge in [-0.05, 0) is 47.9 Å². The van der Waals surface area contributed by atoms with E-state index in [0.717, 1.165) is 51.5 Å². The lowest BCUT2D eigenvalue weighted by Gasteiger charge is -2.25. The summed E-state index contributed by atoms with van der Waals surface area (Å²) in [4.78, 5) is 10.4. The Balaban J connectivity index is 0.000000173. The van der Waals surface area contributed by atoms with E-state index in [-0.39, 0.29) is 7.43 Å². The molecule has 202 valence electrons. The lowest BCUT2D eigenvalue weighted by atomic mass is 10.1. The van der Waals surface area contributed by atoms with E-state index in [2.05, 4.69) is 79.6 Å². The Morgan fingerprint density at radius 3 is 1.74 bits per heavy atom. The van der Waals surface area contributed by atoms with Crippen molar-refractivity contribution in [2.75, 3.05) is 37.5 Å². The molecule has 0 bridgehead atoms. The van der Waals surface area contributed by atoms with Crippen LogP contribution in [0.3, 0.4) is 0 Å². The minimum Gasteiger partial charge on any atom is -0.398 e. The quantitative estimate of drug-likeness (QED) is 0.215. The molecule has 0 amide bonds. The number of hydrogen-bond donors (Lipinski definition) is 2. The molecule has 4 aromatic rings. The van der Waals surface area contributed by atoms with Gasteiger partial charge >= 0.3 is 0 Å². The topological polar surface area (TPSA) is 73.6 Å². The number of nitrogen functional groups attached to an aromatic ring is 1. The summed E-state index contributed by atoms with van der Waals surface area (Å²) < 4.78 is 12.6. The molecule has 7 heteroatoms. The van der Waals surface area contributed by atoms with E-state index in [1.54, 1.807) is 0 Å². The Labute approximate surface area is 242 Å². The van der Waals surface area contributed by atoms with Gasteiger partial charge in [-0.1, -0.05) is 87.8 Å². The maximum absolute atomic E-state index is 10.4. The fourth-order valence-electron chi connectivity index (χ4n) is 4.33. The Kier molecular flexibility index (Phi) is 12.1. The van der Waals surface area contributed by atoms with Crippen LogP contribution >= 0.6 is 31.9 Å². The maximum atomic E-state index is 10.4. The van der Waals surface area contributed by atoms with Crippen LogP contribution in [-0.4, -0.2) is 38.3 Å². The number of nitrogens with one attached hydrogen (secondary N) is 1. The summed E-state index contributed by atoms with van der Waals surface area (Å²) in [6.07, 6.45) is 3.43. The number of ketones is 1. The highest BCUT2D eigenvalue weighted by atomic mass is 79.9. The number of ether oxygens (including phenoxy) is 2. The largest absolute Gasteiger partial charge is 0.398 e. The monoisotopic (exact) mass is 642 g/mol. The van der Waals surface area contributed by atoms with Crippen molar-refractivity contribution in [2.45, 2.75) is 39.2 Å². The van der Waals surface area contributed by atoms with Crippen molar-refractivity contribution in [3.63, 3.8) is 0 Å². The van der Waals surface area contributed by atoms with Gasteiger partial charge in [0.05, 0.1) is 13.2 Å². The Morgan fingerprint density at radius 2 is 1.18 bits per heavy atom. The summed E-state index contributed by atoms with van der Waals surface area (Å²) in [5, 5.41) is 8.45. The number of rotatable bonds is 2. The number of Topliss-reactive ketones (excluding diaryl/α,β-unsaturated/α-hetero) is 1. The predicted molar refractivity (Wildman–Crippen MR) is 167 cm³/mol. The Hall–Kier alpha value is -2.45. The summed E-state index contributed by atoms with van der Waals surface area (Å²) in [5.41, 5.74) is 7.85. The first-order valence-corrected chi connectivity index (χ1v) is 14.1. The zero-order valence-electron chi connectivity index (χ0n) is 20.7. The first-order valence-electron chi connectivity index (χ1n) is 12.6. The zero-order chi connectivity index (χ0) is 26.0. The fourth-order valence-corrected chi connectivity index (χ4v) is 5.29. The van der Waals surface area contributed by atoms with Crippen molar-refractivity contribution in [1.82, 2.24) is 0 Å². The number of halogens is 2. The van der Waals surface area contributed by atoms with Crippen molar-refractivity contribution >= 4 is 70.6 Å². The van der Waals surface area contributed by atoms with Crippen LogP contribution in [-0.2, 0) is 14.3 Å². The second-order valence-corrected chi connectivity index (χ2v) is 10.7. The number of fused-ring (bicyclic) bond motifs is 2. The van der Waals surface area contributed by atoms with Gasteiger partial charge in [-0.3, -0.25) is 4.79 Å². The number of hydrogen-bond acceptors (Lipinski definition) is 5. The normalized spacial score (nSPS) is 15.5. The summed E-state index contributed by atoms with van der Waals surface area (Å²) in [6.45, 7) is 3.01. The summed E-state index contributed by atoms with van der Waals surface area (Å²) in [5.74, 6) is 0.339. The average Bonchev–Trinajstić information content (AvgIpc) is 2.94. The molecular weight excluding hydrogens is 608 g/mol. The SMILES string of the molecule is Brc1ccc(NC2CCOCC2)c2ccccc12.C.Nc1ccc(Br)c2ccccc12.O=C1CCOCC1. The summed E-state index contributed by atoms with van der Waals surface area (Å²) >= 11 is 7.08. The van der Waals surface area contributed by atoms with Crippen LogP contribution in [0.2, 0.25) is 0 Å². The third-order valence-electron chi connectivity index (χ3n) is 6.41. The van der Waals surface area contributed by atoms with Crippen molar-refractivity contribution in [1.29, 1.82) is 0 Å². The highest BCUT2D eigenvalue weighted by molar-refractivity contribution is 9.11. The molecule has 2 aliphatic heterocycles. The number of anilines is 2. The first kappa shape index (κ1) is 30.1. The van der Waals surface area contributed by atoms with E-state index >= 15 is 0 Å². The second-order valence-electron chi connectivity index (χ2n) is 9.00. The van der Waals surface area contributed by atoms with Crippen molar-refractivity contribution < 1.29 is 14.3 Å². The molecule has 2 heterocycles. The molecule has 2 aliphatic rings. The van der Waals surface area contributed by atoms with E-state index in [9.17, 15) is 4.79 Å². The molecule has 0 unspecified atom stereocenters. The van der Waals surface area contributed by atoms with Gasteiger partial charge in [0.2, 0.25) is 0 Å². The zero-order valence-corrected chi connectivity index (χ0v) is 23.9. The highest BCUT2D eigenvalue weighted by Gasteiger charge is 2.14. The molecule has 0 radical (unpaired) electrons. The highest BCUT2D eigenvalue weighted by Crippen LogP contribution is 2.31. The number of carbonyl (C=O) groups excluding carboxylic acids is 1. The molecule has 4 aromatic carbocycles. The molecule has 0 aliphatic carbocycles. The minimum absolute atomic E-state index is 0. The van der Waals surface area contributed by atoms with Crippen LogP contribution in [0.1, 0.15) is 33.1 Å². The molecule has 38 heavy (non-hydrogen) atoms. The van der Waals surface area contributed by atoms with Gasteiger partial charge in [0, 0.05) is 63.2 Å². The maximum Gasteiger partial charge on any atom is 0.137 e. The predicted octanol–water partition coefficient (Wildman–Crippen LogP) is 8.38. The van der Waals surface area contributed by atoms with Crippen molar-refractivity contribution in [2.24, 2.45) is 0 Å². The number of nitrogens with two attached hydrogens (primary N) is 1. The van der Waals surface area contributed by atoms with Gasteiger partial charge in [0.25, 0.3) is 0 Å². The third kappa shape index (κ3) is 8.27. The Bertz CT molecular complexity index is 1290. The molecule has 0 saturated carbocycles. The molecule has 2 saturated heterocycles. The molecule has 0 spiro atoms. The van der Waals surface area contributed by atoms with E-state index < -0.39 is 0 Å². The first-order chi connectivity index (χ1) is 18.0. The van der Waals surface area contributed by atoms with Crippen LogP contribution in [0.15, 0.2) is 81.7 Å². The van der Waals surface area contributed by atoms with E-state index in [4.69, 9.17) is 15.2 Å². The molecule has 0 aromatic heterocycles. The minimum atomic E-state index is 0. The fraction of sp³-hybridized carbons (Fsp3) is 0.323. The Morgan fingerprint density at radius 1 is 0.684 bits per heavy atom. The smallest absolute Gasteiger partial charge is 0.137 e. The van der Waals surface area contributed by atoms with Crippen molar-refractivity contribution in [3.05, 3.63) is 81.7 Å². The van der Waals surface area contributed by atoms with E-state index in [0.29, 0.717) is 37.9 Å².